The Morgan fingerprint density at radius 3 is 2.00 bits per heavy atom. The standard InChI is InChI=1S/C25H40O3/c1-4-6-7-8-9-10-11-12-13-14-19-23(25(27)28-5-2)24(26)20-22-18-16-15-17-21(22)3/h15-18,23H,4-14,19-20H2,1-3H3. The van der Waals surface area contributed by atoms with Crippen molar-refractivity contribution in [1.29, 1.82) is 0 Å². The van der Waals surface area contributed by atoms with E-state index in [4.69, 9.17) is 4.74 Å². The molecule has 3 nitrogen and oxygen atoms in total. The van der Waals surface area contributed by atoms with Crippen LogP contribution in [-0.4, -0.2) is 18.4 Å². The van der Waals surface area contributed by atoms with E-state index in [-0.39, 0.29) is 11.8 Å². The lowest BCUT2D eigenvalue weighted by molar-refractivity contribution is -0.151. The van der Waals surface area contributed by atoms with Crippen LogP contribution >= 0.6 is 0 Å². The second kappa shape index (κ2) is 15.3. The minimum absolute atomic E-state index is 0.0105. The molecule has 1 unspecified atom stereocenters. The summed E-state index contributed by atoms with van der Waals surface area (Å²) in [6.07, 6.45) is 13.4. The maximum atomic E-state index is 12.8. The van der Waals surface area contributed by atoms with E-state index in [1.165, 1.54) is 51.4 Å². The summed E-state index contributed by atoms with van der Waals surface area (Å²) >= 11 is 0. The number of carbonyl (C=O) groups is 2. The minimum Gasteiger partial charge on any atom is -0.465 e. The van der Waals surface area contributed by atoms with Crippen molar-refractivity contribution < 1.29 is 14.3 Å². The van der Waals surface area contributed by atoms with Gasteiger partial charge in [0.25, 0.3) is 0 Å². The van der Waals surface area contributed by atoms with Gasteiger partial charge in [0.1, 0.15) is 5.92 Å². The lowest BCUT2D eigenvalue weighted by Gasteiger charge is -2.15. The summed E-state index contributed by atoms with van der Waals surface area (Å²) in [4.78, 5) is 25.1. The fourth-order valence-corrected chi connectivity index (χ4v) is 3.61. The van der Waals surface area contributed by atoms with Gasteiger partial charge in [0.15, 0.2) is 5.78 Å². The molecule has 1 atom stereocenters. The summed E-state index contributed by atoms with van der Waals surface area (Å²) in [7, 11) is 0. The first-order valence-corrected chi connectivity index (χ1v) is 11.3. The van der Waals surface area contributed by atoms with Gasteiger partial charge in [0, 0.05) is 6.42 Å². The Bertz CT molecular complexity index is 565. The summed E-state index contributed by atoms with van der Waals surface area (Å²) in [6, 6.07) is 7.88. The number of esters is 1. The Morgan fingerprint density at radius 1 is 0.857 bits per heavy atom. The molecule has 0 radical (unpaired) electrons. The largest absolute Gasteiger partial charge is 0.465 e. The summed E-state index contributed by atoms with van der Waals surface area (Å²) in [5.74, 6) is -0.978. The molecular formula is C25H40O3. The molecule has 28 heavy (non-hydrogen) atoms. The van der Waals surface area contributed by atoms with Crippen molar-refractivity contribution in [2.24, 2.45) is 5.92 Å². The van der Waals surface area contributed by atoms with Gasteiger partial charge in [0.05, 0.1) is 6.61 Å². The molecule has 0 fully saturated rings. The lowest BCUT2D eigenvalue weighted by Crippen LogP contribution is -2.27. The number of hydrogen-bond acceptors (Lipinski definition) is 3. The molecule has 1 aromatic rings. The number of hydrogen-bond donors (Lipinski definition) is 0. The molecule has 0 bridgehead atoms. The van der Waals surface area contributed by atoms with Crippen molar-refractivity contribution in [1.82, 2.24) is 0 Å². The Balaban J connectivity index is 2.36. The summed E-state index contributed by atoms with van der Waals surface area (Å²) in [5, 5.41) is 0. The topological polar surface area (TPSA) is 43.4 Å². The zero-order valence-electron chi connectivity index (χ0n) is 18.3. The van der Waals surface area contributed by atoms with E-state index in [0.29, 0.717) is 19.4 Å². The maximum Gasteiger partial charge on any atom is 0.316 e. The number of ether oxygens (including phenoxy) is 1. The summed E-state index contributed by atoms with van der Waals surface area (Å²) < 4.78 is 5.18. The number of rotatable bonds is 16. The van der Waals surface area contributed by atoms with Crippen LogP contribution in [-0.2, 0) is 20.7 Å². The van der Waals surface area contributed by atoms with E-state index in [1.54, 1.807) is 6.92 Å². The zero-order chi connectivity index (χ0) is 20.6. The third-order valence-electron chi connectivity index (χ3n) is 5.43. The van der Waals surface area contributed by atoms with E-state index in [2.05, 4.69) is 6.92 Å². The smallest absolute Gasteiger partial charge is 0.316 e. The van der Waals surface area contributed by atoms with Crippen molar-refractivity contribution >= 4 is 11.8 Å². The van der Waals surface area contributed by atoms with Gasteiger partial charge in [-0.2, -0.15) is 0 Å². The quantitative estimate of drug-likeness (QED) is 0.182. The van der Waals surface area contributed by atoms with Crippen LogP contribution in [0, 0.1) is 12.8 Å². The molecule has 0 aliphatic carbocycles. The molecular weight excluding hydrogens is 348 g/mol. The molecule has 1 rings (SSSR count). The third kappa shape index (κ3) is 10.1. The van der Waals surface area contributed by atoms with Crippen LogP contribution in [0.3, 0.4) is 0 Å². The normalized spacial score (nSPS) is 12.0. The van der Waals surface area contributed by atoms with Crippen LogP contribution in [0.2, 0.25) is 0 Å². The molecule has 0 spiro atoms. The molecule has 0 aliphatic heterocycles. The van der Waals surface area contributed by atoms with Gasteiger partial charge < -0.3 is 4.74 Å². The highest BCUT2D eigenvalue weighted by molar-refractivity contribution is 6.00. The minimum atomic E-state index is -0.617. The van der Waals surface area contributed by atoms with Gasteiger partial charge in [-0.3, -0.25) is 9.59 Å². The highest BCUT2D eigenvalue weighted by Crippen LogP contribution is 2.19. The fraction of sp³-hybridized carbons (Fsp3) is 0.680. The number of Topliss-reactive ketones (excluding diaryl/α,β-unsaturated/α-hetero) is 1. The molecule has 158 valence electrons. The average Bonchev–Trinajstić information content (AvgIpc) is 2.68. The molecule has 0 aliphatic rings. The molecule has 1 aromatic carbocycles. The Labute approximate surface area is 172 Å². The number of ketones is 1. The molecule has 0 N–H and O–H groups in total. The van der Waals surface area contributed by atoms with Crippen LogP contribution in [0.15, 0.2) is 24.3 Å². The van der Waals surface area contributed by atoms with Crippen LogP contribution in [0.1, 0.15) is 95.6 Å². The average molecular weight is 389 g/mol. The number of benzene rings is 1. The van der Waals surface area contributed by atoms with Gasteiger partial charge in [0.2, 0.25) is 0 Å². The molecule has 0 heterocycles. The summed E-state index contributed by atoms with van der Waals surface area (Å²) in [5.41, 5.74) is 2.10. The predicted octanol–water partition coefficient (Wildman–Crippen LogP) is 6.60. The first-order chi connectivity index (χ1) is 13.6. The molecule has 3 heteroatoms. The first kappa shape index (κ1) is 24.4. The SMILES string of the molecule is CCCCCCCCCCCCC(C(=O)Cc1ccccc1C)C(=O)OCC. The maximum absolute atomic E-state index is 12.8. The zero-order valence-corrected chi connectivity index (χ0v) is 18.3. The molecule has 0 saturated carbocycles. The van der Waals surface area contributed by atoms with E-state index in [1.807, 2.05) is 31.2 Å². The van der Waals surface area contributed by atoms with E-state index in [0.717, 1.165) is 24.0 Å². The molecule has 0 amide bonds. The number of carbonyl (C=O) groups excluding carboxylic acids is 2. The monoisotopic (exact) mass is 388 g/mol. The van der Waals surface area contributed by atoms with Crippen molar-refractivity contribution in [3.8, 4) is 0 Å². The molecule has 0 aromatic heterocycles. The second-order valence-corrected chi connectivity index (χ2v) is 7.84. The molecule has 0 saturated heterocycles. The van der Waals surface area contributed by atoms with Gasteiger partial charge >= 0.3 is 5.97 Å². The Kier molecular flexibility index (Phi) is 13.3. The first-order valence-electron chi connectivity index (χ1n) is 11.3. The van der Waals surface area contributed by atoms with Crippen LogP contribution in [0.4, 0.5) is 0 Å². The van der Waals surface area contributed by atoms with Crippen molar-refractivity contribution in [3.05, 3.63) is 35.4 Å². The van der Waals surface area contributed by atoms with Gasteiger partial charge in [-0.1, -0.05) is 95.4 Å². The highest BCUT2D eigenvalue weighted by Gasteiger charge is 2.27. The summed E-state index contributed by atoms with van der Waals surface area (Å²) in [6.45, 7) is 6.37. The van der Waals surface area contributed by atoms with Gasteiger partial charge in [-0.05, 0) is 31.4 Å². The fourth-order valence-electron chi connectivity index (χ4n) is 3.61. The van der Waals surface area contributed by atoms with Gasteiger partial charge in [-0.15, -0.1) is 0 Å². The lowest BCUT2D eigenvalue weighted by atomic mass is 9.91. The van der Waals surface area contributed by atoms with Gasteiger partial charge in [-0.25, -0.2) is 0 Å². The van der Waals surface area contributed by atoms with Crippen LogP contribution in [0.25, 0.3) is 0 Å². The Morgan fingerprint density at radius 2 is 1.43 bits per heavy atom. The number of aryl methyl sites for hydroxylation is 1. The highest BCUT2D eigenvalue weighted by atomic mass is 16.5. The van der Waals surface area contributed by atoms with E-state index < -0.39 is 5.92 Å². The predicted molar refractivity (Wildman–Crippen MR) is 116 cm³/mol. The van der Waals surface area contributed by atoms with E-state index in [9.17, 15) is 9.59 Å². The van der Waals surface area contributed by atoms with Crippen molar-refractivity contribution in [3.63, 3.8) is 0 Å². The Hall–Kier alpha value is -1.64. The van der Waals surface area contributed by atoms with Crippen LogP contribution < -0.4 is 0 Å². The van der Waals surface area contributed by atoms with Crippen LogP contribution in [0.5, 0.6) is 0 Å². The second-order valence-electron chi connectivity index (χ2n) is 7.84. The number of unbranched alkanes of at least 4 members (excludes halogenated alkanes) is 9. The van der Waals surface area contributed by atoms with Crippen molar-refractivity contribution in [2.75, 3.05) is 6.61 Å². The van der Waals surface area contributed by atoms with E-state index >= 15 is 0 Å². The van der Waals surface area contributed by atoms with Crippen molar-refractivity contribution in [2.45, 2.75) is 97.8 Å². The third-order valence-corrected chi connectivity index (χ3v) is 5.43.